The second-order valence-corrected chi connectivity index (χ2v) is 6.51. The summed E-state index contributed by atoms with van der Waals surface area (Å²) >= 11 is 5.54. The van der Waals surface area contributed by atoms with Crippen molar-refractivity contribution in [3.63, 3.8) is 0 Å². The largest absolute Gasteiger partial charge is 0.224 e. The number of aryl methyl sites for hydroxylation is 3. The Morgan fingerprint density at radius 2 is 1.62 bits per heavy atom. The topological polar surface area (TPSA) is 34.1 Å². The minimum absolute atomic E-state index is 0.126. The summed E-state index contributed by atoms with van der Waals surface area (Å²) in [6.07, 6.45) is 0.497. The zero-order chi connectivity index (χ0) is 12.3. The number of halogens is 1. The Labute approximate surface area is 103 Å². The molecule has 90 valence electrons. The van der Waals surface area contributed by atoms with E-state index >= 15 is 0 Å². The molecule has 0 bridgehead atoms. The van der Waals surface area contributed by atoms with Crippen LogP contribution in [0.5, 0.6) is 0 Å². The number of rotatable bonds is 4. The summed E-state index contributed by atoms with van der Waals surface area (Å²) < 4.78 is 24.2. The summed E-state index contributed by atoms with van der Waals surface area (Å²) in [6, 6.07) is 3.81. The SMILES string of the molecule is Cc1cc(C)c(S(=O)(=O)CCCCl)c(C)c1. The van der Waals surface area contributed by atoms with Crippen LogP contribution < -0.4 is 0 Å². The Morgan fingerprint density at radius 1 is 1.12 bits per heavy atom. The van der Waals surface area contributed by atoms with Crippen molar-refractivity contribution < 1.29 is 8.42 Å². The van der Waals surface area contributed by atoms with E-state index < -0.39 is 9.84 Å². The smallest absolute Gasteiger partial charge is 0.178 e. The van der Waals surface area contributed by atoms with Crippen LogP contribution in [0.15, 0.2) is 17.0 Å². The molecular formula is C12H17ClO2S. The lowest BCUT2D eigenvalue weighted by molar-refractivity contribution is 0.593. The standard InChI is InChI=1S/C12H17ClO2S/c1-9-7-10(2)12(11(3)8-9)16(14,15)6-4-5-13/h7-8H,4-6H2,1-3H3. The van der Waals surface area contributed by atoms with Gasteiger partial charge in [0.2, 0.25) is 0 Å². The van der Waals surface area contributed by atoms with Gasteiger partial charge in [-0.2, -0.15) is 0 Å². The van der Waals surface area contributed by atoms with Gasteiger partial charge < -0.3 is 0 Å². The van der Waals surface area contributed by atoms with Gasteiger partial charge in [0.1, 0.15) is 0 Å². The summed E-state index contributed by atoms with van der Waals surface area (Å²) in [6.45, 7) is 5.65. The van der Waals surface area contributed by atoms with E-state index in [1.165, 1.54) is 0 Å². The van der Waals surface area contributed by atoms with E-state index in [1.54, 1.807) is 0 Å². The van der Waals surface area contributed by atoms with Gasteiger partial charge in [-0.15, -0.1) is 11.6 Å². The van der Waals surface area contributed by atoms with E-state index in [9.17, 15) is 8.42 Å². The normalized spacial score (nSPS) is 11.8. The van der Waals surface area contributed by atoms with Crippen LogP contribution in [0.25, 0.3) is 0 Å². The molecule has 4 heteroatoms. The maximum absolute atomic E-state index is 12.1. The summed E-state index contributed by atoms with van der Waals surface area (Å²) in [5.41, 5.74) is 2.74. The van der Waals surface area contributed by atoms with Crippen LogP contribution in [-0.4, -0.2) is 20.1 Å². The average molecular weight is 261 g/mol. The highest BCUT2D eigenvalue weighted by Gasteiger charge is 2.19. The lowest BCUT2D eigenvalue weighted by atomic mass is 10.1. The molecule has 1 aromatic carbocycles. The summed E-state index contributed by atoms with van der Waals surface area (Å²) in [7, 11) is -3.18. The first-order chi connectivity index (χ1) is 7.38. The van der Waals surface area contributed by atoms with Crippen molar-refractivity contribution in [2.75, 3.05) is 11.6 Å². The molecule has 0 amide bonds. The zero-order valence-corrected chi connectivity index (χ0v) is 11.5. The van der Waals surface area contributed by atoms with Crippen molar-refractivity contribution in [2.45, 2.75) is 32.1 Å². The molecule has 0 spiro atoms. The first kappa shape index (κ1) is 13.5. The van der Waals surface area contributed by atoms with Crippen molar-refractivity contribution in [2.24, 2.45) is 0 Å². The van der Waals surface area contributed by atoms with Gasteiger partial charge in [0.15, 0.2) is 9.84 Å². The van der Waals surface area contributed by atoms with E-state index in [4.69, 9.17) is 11.6 Å². The third-order valence-electron chi connectivity index (χ3n) is 2.46. The molecule has 0 aromatic heterocycles. The van der Waals surface area contributed by atoms with Crippen LogP contribution in [0.2, 0.25) is 0 Å². The number of hydrogen-bond acceptors (Lipinski definition) is 2. The molecule has 0 saturated heterocycles. The van der Waals surface area contributed by atoms with Crippen molar-refractivity contribution in [1.82, 2.24) is 0 Å². The molecule has 1 rings (SSSR count). The molecule has 0 aliphatic rings. The maximum Gasteiger partial charge on any atom is 0.178 e. The number of hydrogen-bond donors (Lipinski definition) is 0. The second kappa shape index (κ2) is 5.19. The van der Waals surface area contributed by atoms with Gasteiger partial charge in [0.25, 0.3) is 0 Å². The van der Waals surface area contributed by atoms with Crippen molar-refractivity contribution >= 4 is 21.4 Å². The van der Waals surface area contributed by atoms with Gasteiger partial charge >= 0.3 is 0 Å². The first-order valence-corrected chi connectivity index (χ1v) is 7.43. The predicted molar refractivity (Wildman–Crippen MR) is 68.0 cm³/mol. The van der Waals surface area contributed by atoms with Crippen LogP contribution in [-0.2, 0) is 9.84 Å². The maximum atomic E-state index is 12.1. The van der Waals surface area contributed by atoms with Crippen molar-refractivity contribution in [1.29, 1.82) is 0 Å². The zero-order valence-electron chi connectivity index (χ0n) is 9.88. The molecular weight excluding hydrogens is 244 g/mol. The molecule has 0 saturated carbocycles. The second-order valence-electron chi connectivity index (χ2n) is 4.09. The third-order valence-corrected chi connectivity index (χ3v) is 4.82. The minimum atomic E-state index is -3.18. The molecule has 0 heterocycles. The first-order valence-electron chi connectivity index (χ1n) is 5.25. The predicted octanol–water partition coefficient (Wildman–Crippen LogP) is 3.01. The highest BCUT2D eigenvalue weighted by Crippen LogP contribution is 2.23. The highest BCUT2D eigenvalue weighted by atomic mass is 35.5. The highest BCUT2D eigenvalue weighted by molar-refractivity contribution is 7.91. The average Bonchev–Trinajstić information content (AvgIpc) is 2.12. The van der Waals surface area contributed by atoms with Gasteiger partial charge in [0, 0.05) is 5.88 Å². The lowest BCUT2D eigenvalue weighted by Crippen LogP contribution is -2.11. The van der Waals surface area contributed by atoms with Crippen molar-refractivity contribution in [3.05, 3.63) is 28.8 Å². The summed E-state index contributed by atoms with van der Waals surface area (Å²) in [4.78, 5) is 0.475. The van der Waals surface area contributed by atoms with Gasteiger partial charge in [-0.25, -0.2) is 8.42 Å². The molecule has 0 unspecified atom stereocenters. The monoisotopic (exact) mass is 260 g/mol. The number of alkyl halides is 1. The number of sulfone groups is 1. The fourth-order valence-corrected chi connectivity index (χ4v) is 4.12. The van der Waals surface area contributed by atoms with E-state index in [0.717, 1.165) is 16.7 Å². The Hall–Kier alpha value is -0.540. The van der Waals surface area contributed by atoms with Gasteiger partial charge in [-0.3, -0.25) is 0 Å². The summed E-state index contributed by atoms with van der Waals surface area (Å²) in [5, 5.41) is 0. The Morgan fingerprint density at radius 3 is 2.06 bits per heavy atom. The fourth-order valence-electron chi connectivity index (χ4n) is 2.00. The van der Waals surface area contributed by atoms with Crippen molar-refractivity contribution in [3.8, 4) is 0 Å². The molecule has 1 aromatic rings. The van der Waals surface area contributed by atoms with E-state index in [-0.39, 0.29) is 5.75 Å². The summed E-state index contributed by atoms with van der Waals surface area (Å²) in [5.74, 6) is 0.504. The Balaban J connectivity index is 3.23. The van der Waals surface area contributed by atoms with Crippen LogP contribution in [0.4, 0.5) is 0 Å². The molecule has 0 fully saturated rings. The molecule has 2 nitrogen and oxygen atoms in total. The van der Waals surface area contributed by atoms with E-state index in [2.05, 4.69) is 0 Å². The fraction of sp³-hybridized carbons (Fsp3) is 0.500. The van der Waals surface area contributed by atoms with Crippen LogP contribution in [0.3, 0.4) is 0 Å². The van der Waals surface area contributed by atoms with Crippen LogP contribution in [0, 0.1) is 20.8 Å². The number of benzene rings is 1. The molecule has 16 heavy (non-hydrogen) atoms. The molecule has 0 atom stereocenters. The lowest BCUT2D eigenvalue weighted by Gasteiger charge is -2.11. The Kier molecular flexibility index (Phi) is 4.39. The van der Waals surface area contributed by atoms with Gasteiger partial charge in [-0.05, 0) is 38.3 Å². The Bertz CT molecular complexity index is 455. The molecule has 0 aliphatic heterocycles. The quantitative estimate of drug-likeness (QED) is 0.780. The third kappa shape index (κ3) is 2.98. The molecule has 0 N–H and O–H groups in total. The van der Waals surface area contributed by atoms with Gasteiger partial charge in [0.05, 0.1) is 10.6 Å². The minimum Gasteiger partial charge on any atom is -0.224 e. The van der Waals surface area contributed by atoms with Crippen LogP contribution >= 0.6 is 11.6 Å². The van der Waals surface area contributed by atoms with E-state index in [1.807, 2.05) is 32.9 Å². The van der Waals surface area contributed by atoms with E-state index in [0.29, 0.717) is 17.2 Å². The molecule has 0 radical (unpaired) electrons. The van der Waals surface area contributed by atoms with Gasteiger partial charge in [-0.1, -0.05) is 17.7 Å². The van der Waals surface area contributed by atoms with Crippen LogP contribution in [0.1, 0.15) is 23.1 Å². The molecule has 0 aliphatic carbocycles.